The Morgan fingerprint density at radius 1 is 1.54 bits per heavy atom. The lowest BCUT2D eigenvalue weighted by atomic mass is 9.98. The molecular weight excluding hydrogens is 230 g/mol. The summed E-state index contributed by atoms with van der Waals surface area (Å²) in [6.07, 6.45) is 2.03. The number of hydrogen-bond donors (Lipinski definition) is 2. The van der Waals surface area contributed by atoms with Gasteiger partial charge in [-0.25, -0.2) is 0 Å². The fourth-order valence-corrected chi connectivity index (χ4v) is 2.07. The lowest BCUT2D eigenvalue weighted by Crippen LogP contribution is -2.21. The van der Waals surface area contributed by atoms with Gasteiger partial charge in [0.2, 0.25) is 0 Å². The van der Waals surface area contributed by atoms with Crippen LogP contribution in [0.4, 0.5) is 5.69 Å². The Labute approximate surface area is 86.1 Å². The van der Waals surface area contributed by atoms with Gasteiger partial charge in [0.05, 0.1) is 4.47 Å². The van der Waals surface area contributed by atoms with Crippen LogP contribution in [0.5, 0.6) is 5.75 Å². The van der Waals surface area contributed by atoms with Crippen LogP contribution >= 0.6 is 15.9 Å². The first-order chi connectivity index (χ1) is 6.18. The zero-order valence-corrected chi connectivity index (χ0v) is 9.06. The normalized spacial score (nSPS) is 20.6. The molecule has 0 bridgehead atoms. The Morgan fingerprint density at radius 2 is 2.31 bits per heavy atom. The number of anilines is 1. The van der Waals surface area contributed by atoms with Gasteiger partial charge in [-0.2, -0.15) is 0 Å². The van der Waals surface area contributed by atoms with Crippen molar-refractivity contribution in [1.29, 1.82) is 0 Å². The number of phenolic OH excluding ortho intramolecular Hbond substituents is 1. The summed E-state index contributed by atoms with van der Waals surface area (Å²) in [7, 11) is 0. The van der Waals surface area contributed by atoms with Gasteiger partial charge in [0, 0.05) is 17.3 Å². The third-order valence-corrected chi connectivity index (χ3v) is 3.10. The maximum atomic E-state index is 9.74. The van der Waals surface area contributed by atoms with Crippen molar-refractivity contribution in [2.75, 3.05) is 5.32 Å². The Hall–Kier alpha value is -0.700. The zero-order chi connectivity index (χ0) is 9.42. The number of fused-ring (bicyclic) bond motifs is 1. The molecule has 1 aromatic carbocycles. The molecular formula is C10H12BrNO. The number of halogens is 1. The van der Waals surface area contributed by atoms with E-state index in [4.69, 9.17) is 0 Å². The van der Waals surface area contributed by atoms with Crippen LogP contribution in [0.15, 0.2) is 16.6 Å². The van der Waals surface area contributed by atoms with Crippen molar-refractivity contribution in [3.05, 3.63) is 22.2 Å². The van der Waals surface area contributed by atoms with Crippen LogP contribution in [-0.4, -0.2) is 11.1 Å². The van der Waals surface area contributed by atoms with Crippen LogP contribution in [0, 0.1) is 0 Å². The summed E-state index contributed by atoms with van der Waals surface area (Å²) >= 11 is 3.31. The summed E-state index contributed by atoms with van der Waals surface area (Å²) in [6.45, 7) is 2.15. The quantitative estimate of drug-likeness (QED) is 0.733. The minimum Gasteiger partial charge on any atom is -0.506 e. The minimum absolute atomic E-state index is 0.386. The van der Waals surface area contributed by atoms with Crippen molar-refractivity contribution in [1.82, 2.24) is 0 Å². The molecule has 70 valence electrons. The molecule has 2 nitrogen and oxygen atoms in total. The standard InChI is InChI=1S/C10H12BrNO/c1-6-2-3-7-9(12-6)5-4-8(11)10(7)13/h4-6,12-13H,2-3H2,1H3. The molecule has 1 unspecified atom stereocenters. The van der Waals surface area contributed by atoms with E-state index in [-0.39, 0.29) is 0 Å². The van der Waals surface area contributed by atoms with Crippen molar-refractivity contribution >= 4 is 21.6 Å². The second kappa shape index (κ2) is 3.22. The van der Waals surface area contributed by atoms with Gasteiger partial charge in [-0.05, 0) is 47.8 Å². The van der Waals surface area contributed by atoms with Crippen LogP contribution in [0.2, 0.25) is 0 Å². The summed E-state index contributed by atoms with van der Waals surface area (Å²) in [5.41, 5.74) is 2.10. The third-order valence-electron chi connectivity index (χ3n) is 2.46. The monoisotopic (exact) mass is 241 g/mol. The summed E-state index contributed by atoms with van der Waals surface area (Å²) in [6, 6.07) is 4.39. The molecule has 0 spiro atoms. The van der Waals surface area contributed by atoms with Crippen molar-refractivity contribution in [3.8, 4) is 5.75 Å². The summed E-state index contributed by atoms with van der Waals surface area (Å²) in [5.74, 6) is 0.386. The second-order valence-electron chi connectivity index (χ2n) is 3.51. The second-order valence-corrected chi connectivity index (χ2v) is 4.36. The van der Waals surface area contributed by atoms with Crippen molar-refractivity contribution < 1.29 is 5.11 Å². The molecule has 1 aliphatic heterocycles. The molecule has 0 saturated heterocycles. The van der Waals surface area contributed by atoms with E-state index in [0.717, 1.165) is 28.6 Å². The number of nitrogens with one attached hydrogen (secondary N) is 1. The predicted molar refractivity (Wildman–Crippen MR) is 57.2 cm³/mol. The maximum absolute atomic E-state index is 9.74. The molecule has 0 aromatic heterocycles. The Bertz CT molecular complexity index is 338. The highest BCUT2D eigenvalue weighted by molar-refractivity contribution is 9.10. The first-order valence-corrected chi connectivity index (χ1v) is 5.24. The van der Waals surface area contributed by atoms with E-state index in [1.165, 1.54) is 0 Å². The Balaban J connectivity index is 2.47. The molecule has 13 heavy (non-hydrogen) atoms. The molecule has 1 aromatic rings. The lowest BCUT2D eigenvalue weighted by Gasteiger charge is -2.24. The van der Waals surface area contributed by atoms with Gasteiger partial charge in [-0.15, -0.1) is 0 Å². The average Bonchev–Trinajstić information content (AvgIpc) is 2.12. The van der Waals surface area contributed by atoms with E-state index in [0.29, 0.717) is 11.8 Å². The van der Waals surface area contributed by atoms with E-state index in [2.05, 4.69) is 28.2 Å². The van der Waals surface area contributed by atoms with E-state index < -0.39 is 0 Å². The van der Waals surface area contributed by atoms with Crippen molar-refractivity contribution in [2.45, 2.75) is 25.8 Å². The van der Waals surface area contributed by atoms with Gasteiger partial charge in [0.15, 0.2) is 0 Å². The molecule has 0 aliphatic carbocycles. The number of phenols is 1. The van der Waals surface area contributed by atoms with E-state index in [9.17, 15) is 5.11 Å². The van der Waals surface area contributed by atoms with Gasteiger partial charge < -0.3 is 10.4 Å². The molecule has 3 heteroatoms. The average molecular weight is 242 g/mol. The molecule has 2 rings (SSSR count). The summed E-state index contributed by atoms with van der Waals surface area (Å²) < 4.78 is 0.780. The maximum Gasteiger partial charge on any atom is 0.135 e. The smallest absolute Gasteiger partial charge is 0.135 e. The van der Waals surface area contributed by atoms with E-state index >= 15 is 0 Å². The summed E-state index contributed by atoms with van der Waals surface area (Å²) in [5, 5.41) is 13.1. The molecule has 1 atom stereocenters. The van der Waals surface area contributed by atoms with Gasteiger partial charge in [-0.1, -0.05) is 0 Å². The first kappa shape index (κ1) is 8.88. The minimum atomic E-state index is 0.386. The Kier molecular flexibility index (Phi) is 2.20. The van der Waals surface area contributed by atoms with Gasteiger partial charge in [-0.3, -0.25) is 0 Å². The van der Waals surface area contributed by atoms with Crippen LogP contribution in [-0.2, 0) is 6.42 Å². The molecule has 2 N–H and O–H groups in total. The van der Waals surface area contributed by atoms with Crippen LogP contribution in [0.1, 0.15) is 18.9 Å². The largest absolute Gasteiger partial charge is 0.506 e. The fraction of sp³-hybridized carbons (Fsp3) is 0.400. The molecule has 1 heterocycles. The molecule has 0 radical (unpaired) electrons. The molecule has 1 aliphatic rings. The lowest BCUT2D eigenvalue weighted by molar-refractivity contribution is 0.461. The Morgan fingerprint density at radius 3 is 3.08 bits per heavy atom. The van der Waals surface area contributed by atoms with E-state index in [1.807, 2.05) is 12.1 Å². The number of hydrogen-bond acceptors (Lipinski definition) is 2. The SMILES string of the molecule is CC1CCc2c(ccc(Br)c2O)N1. The molecule has 0 saturated carbocycles. The van der Waals surface area contributed by atoms with Gasteiger partial charge in [0.25, 0.3) is 0 Å². The zero-order valence-electron chi connectivity index (χ0n) is 7.47. The molecule has 0 fully saturated rings. The number of rotatable bonds is 0. The van der Waals surface area contributed by atoms with Crippen LogP contribution in [0.25, 0.3) is 0 Å². The fourth-order valence-electron chi connectivity index (χ4n) is 1.69. The third kappa shape index (κ3) is 1.53. The predicted octanol–water partition coefficient (Wildman–Crippen LogP) is 2.90. The van der Waals surface area contributed by atoms with E-state index in [1.54, 1.807) is 0 Å². The van der Waals surface area contributed by atoms with Crippen molar-refractivity contribution in [3.63, 3.8) is 0 Å². The highest BCUT2D eigenvalue weighted by Gasteiger charge is 2.18. The van der Waals surface area contributed by atoms with Gasteiger partial charge >= 0.3 is 0 Å². The number of benzene rings is 1. The number of aromatic hydroxyl groups is 1. The highest BCUT2D eigenvalue weighted by Crippen LogP contribution is 2.36. The highest BCUT2D eigenvalue weighted by atomic mass is 79.9. The summed E-state index contributed by atoms with van der Waals surface area (Å²) in [4.78, 5) is 0. The first-order valence-electron chi connectivity index (χ1n) is 4.45. The molecule has 0 amide bonds. The topological polar surface area (TPSA) is 32.3 Å². The van der Waals surface area contributed by atoms with Gasteiger partial charge in [0.1, 0.15) is 5.75 Å². The van der Waals surface area contributed by atoms with Crippen molar-refractivity contribution in [2.24, 2.45) is 0 Å². The van der Waals surface area contributed by atoms with Crippen LogP contribution in [0.3, 0.4) is 0 Å². The van der Waals surface area contributed by atoms with Crippen LogP contribution < -0.4 is 5.32 Å².